The fourth-order valence-corrected chi connectivity index (χ4v) is 1.81. The molecule has 0 aliphatic heterocycles. The van der Waals surface area contributed by atoms with Crippen molar-refractivity contribution in [2.75, 3.05) is 0 Å². The molecule has 0 bridgehead atoms. The maximum Gasteiger partial charge on any atom is 0.133 e. The molecule has 0 saturated heterocycles. The lowest BCUT2D eigenvalue weighted by Crippen LogP contribution is -1.99. The van der Waals surface area contributed by atoms with E-state index in [1.54, 1.807) is 18.3 Å². The van der Waals surface area contributed by atoms with E-state index in [2.05, 4.69) is 10.1 Å². The van der Waals surface area contributed by atoms with E-state index >= 15 is 0 Å². The molecule has 0 spiro atoms. The summed E-state index contributed by atoms with van der Waals surface area (Å²) in [5, 5.41) is 13.6. The van der Waals surface area contributed by atoms with Gasteiger partial charge in [-0.25, -0.2) is 4.68 Å². The van der Waals surface area contributed by atoms with Crippen LogP contribution >= 0.6 is 0 Å². The predicted octanol–water partition coefficient (Wildman–Crippen LogP) is 2.64. The van der Waals surface area contributed by atoms with Crippen LogP contribution in [0.5, 0.6) is 5.75 Å². The Morgan fingerprint density at radius 3 is 2.50 bits per heavy atom. The van der Waals surface area contributed by atoms with Gasteiger partial charge in [-0.05, 0) is 30.3 Å². The molecule has 0 saturated carbocycles. The van der Waals surface area contributed by atoms with Gasteiger partial charge < -0.3 is 5.11 Å². The fourth-order valence-electron chi connectivity index (χ4n) is 1.81. The zero-order valence-electron chi connectivity index (χ0n) is 9.56. The van der Waals surface area contributed by atoms with Crippen molar-refractivity contribution >= 4 is 0 Å². The van der Waals surface area contributed by atoms with Crippen LogP contribution in [-0.4, -0.2) is 19.9 Å². The summed E-state index contributed by atoms with van der Waals surface area (Å²) < 4.78 is 1.82. The van der Waals surface area contributed by atoms with Crippen LogP contribution in [0.2, 0.25) is 0 Å². The lowest BCUT2D eigenvalue weighted by Gasteiger charge is -2.06. The Hall–Kier alpha value is -2.62. The molecule has 0 unspecified atom stereocenters. The van der Waals surface area contributed by atoms with Gasteiger partial charge in [-0.2, -0.15) is 5.10 Å². The summed E-state index contributed by atoms with van der Waals surface area (Å²) in [6.45, 7) is 0. The summed E-state index contributed by atoms with van der Waals surface area (Å²) in [5.74, 6) is 0.157. The second-order valence-electron chi connectivity index (χ2n) is 3.87. The summed E-state index contributed by atoms with van der Waals surface area (Å²) in [5.41, 5.74) is 2.64. The maximum absolute atomic E-state index is 9.26. The summed E-state index contributed by atoms with van der Waals surface area (Å²) in [7, 11) is 0. The summed E-state index contributed by atoms with van der Waals surface area (Å²) >= 11 is 0. The van der Waals surface area contributed by atoms with Gasteiger partial charge >= 0.3 is 0 Å². The van der Waals surface area contributed by atoms with Gasteiger partial charge in [0.05, 0.1) is 29.5 Å². The first kappa shape index (κ1) is 10.5. The zero-order valence-corrected chi connectivity index (χ0v) is 9.56. The molecule has 4 nitrogen and oxygen atoms in total. The predicted molar refractivity (Wildman–Crippen MR) is 68.5 cm³/mol. The van der Waals surface area contributed by atoms with Gasteiger partial charge in [0.2, 0.25) is 0 Å². The number of rotatable bonds is 2. The lowest BCUT2D eigenvalue weighted by atomic mass is 10.2. The Morgan fingerprint density at radius 1 is 0.944 bits per heavy atom. The standard InChI is InChI=1S/C14H11N3O/c18-12-6-7-13(15-10-12)14-8-9-16-17(14)11-4-2-1-3-5-11/h1-10,18H. The molecule has 3 aromatic rings. The molecule has 0 atom stereocenters. The quantitative estimate of drug-likeness (QED) is 0.745. The van der Waals surface area contributed by atoms with Crippen molar-refractivity contribution in [1.82, 2.24) is 14.8 Å². The highest BCUT2D eigenvalue weighted by atomic mass is 16.3. The van der Waals surface area contributed by atoms with E-state index in [-0.39, 0.29) is 5.75 Å². The van der Waals surface area contributed by atoms with Gasteiger partial charge in [-0.1, -0.05) is 18.2 Å². The van der Waals surface area contributed by atoms with Crippen molar-refractivity contribution in [3.63, 3.8) is 0 Å². The Bertz CT molecular complexity index is 644. The largest absolute Gasteiger partial charge is 0.506 e. The van der Waals surface area contributed by atoms with Gasteiger partial charge in [0.1, 0.15) is 5.75 Å². The smallest absolute Gasteiger partial charge is 0.133 e. The van der Waals surface area contributed by atoms with Crippen molar-refractivity contribution in [2.24, 2.45) is 0 Å². The first-order valence-corrected chi connectivity index (χ1v) is 5.59. The minimum atomic E-state index is 0.157. The van der Waals surface area contributed by atoms with Crippen molar-refractivity contribution < 1.29 is 5.11 Å². The van der Waals surface area contributed by atoms with E-state index in [1.165, 1.54) is 6.20 Å². The summed E-state index contributed by atoms with van der Waals surface area (Å²) in [6, 6.07) is 15.1. The van der Waals surface area contributed by atoms with Gasteiger partial charge in [-0.15, -0.1) is 0 Å². The van der Waals surface area contributed by atoms with Crippen LogP contribution in [0.25, 0.3) is 17.1 Å². The normalized spacial score (nSPS) is 10.4. The SMILES string of the molecule is Oc1ccc(-c2ccnn2-c2ccccc2)nc1. The zero-order chi connectivity index (χ0) is 12.4. The fraction of sp³-hybridized carbons (Fsp3) is 0. The van der Waals surface area contributed by atoms with Crippen LogP contribution in [0, 0.1) is 0 Å². The topological polar surface area (TPSA) is 50.9 Å². The molecule has 0 amide bonds. The number of pyridine rings is 1. The lowest BCUT2D eigenvalue weighted by molar-refractivity contribution is 0.473. The van der Waals surface area contributed by atoms with Gasteiger partial charge in [0.25, 0.3) is 0 Å². The number of nitrogens with zero attached hydrogens (tertiary/aromatic N) is 3. The van der Waals surface area contributed by atoms with E-state index in [4.69, 9.17) is 0 Å². The molecule has 88 valence electrons. The van der Waals surface area contributed by atoms with Crippen molar-refractivity contribution in [1.29, 1.82) is 0 Å². The third-order valence-electron chi connectivity index (χ3n) is 2.65. The molecule has 0 fully saturated rings. The Morgan fingerprint density at radius 2 is 1.78 bits per heavy atom. The highest BCUT2D eigenvalue weighted by Gasteiger charge is 2.07. The van der Waals surface area contributed by atoms with E-state index in [9.17, 15) is 5.11 Å². The molecule has 0 aliphatic rings. The second kappa shape index (κ2) is 4.33. The van der Waals surface area contributed by atoms with E-state index in [0.717, 1.165) is 17.1 Å². The summed E-state index contributed by atoms with van der Waals surface area (Å²) in [6.07, 6.45) is 3.16. The molecule has 2 aromatic heterocycles. The molecule has 3 rings (SSSR count). The molecule has 1 aromatic carbocycles. The Labute approximate surface area is 104 Å². The Kier molecular flexibility index (Phi) is 2.53. The molecule has 2 heterocycles. The van der Waals surface area contributed by atoms with Crippen LogP contribution < -0.4 is 0 Å². The molecule has 4 heteroatoms. The number of hydrogen-bond acceptors (Lipinski definition) is 3. The molecule has 18 heavy (non-hydrogen) atoms. The van der Waals surface area contributed by atoms with Crippen LogP contribution in [-0.2, 0) is 0 Å². The first-order valence-electron chi connectivity index (χ1n) is 5.59. The van der Waals surface area contributed by atoms with Crippen LogP contribution in [0.3, 0.4) is 0 Å². The highest BCUT2D eigenvalue weighted by molar-refractivity contribution is 5.57. The molecule has 0 aliphatic carbocycles. The minimum Gasteiger partial charge on any atom is -0.506 e. The molecule has 0 radical (unpaired) electrons. The first-order chi connectivity index (χ1) is 8.84. The molecule has 1 N–H and O–H groups in total. The number of aromatic nitrogens is 3. The van der Waals surface area contributed by atoms with Crippen molar-refractivity contribution in [3.05, 3.63) is 60.9 Å². The maximum atomic E-state index is 9.26. The van der Waals surface area contributed by atoms with Gasteiger partial charge in [0, 0.05) is 0 Å². The van der Waals surface area contributed by atoms with Gasteiger partial charge in [0.15, 0.2) is 0 Å². The number of hydrogen-bond donors (Lipinski definition) is 1. The van der Waals surface area contributed by atoms with Crippen molar-refractivity contribution in [2.45, 2.75) is 0 Å². The van der Waals surface area contributed by atoms with Crippen LogP contribution in [0.1, 0.15) is 0 Å². The van der Waals surface area contributed by atoms with Gasteiger partial charge in [-0.3, -0.25) is 4.98 Å². The molecular weight excluding hydrogens is 226 g/mol. The highest BCUT2D eigenvalue weighted by Crippen LogP contribution is 2.21. The van der Waals surface area contributed by atoms with E-state index < -0.39 is 0 Å². The minimum absolute atomic E-state index is 0.157. The number of aromatic hydroxyl groups is 1. The van der Waals surface area contributed by atoms with E-state index in [1.807, 2.05) is 41.1 Å². The molecular formula is C14H11N3O. The Balaban J connectivity index is 2.10. The van der Waals surface area contributed by atoms with Crippen LogP contribution in [0.4, 0.5) is 0 Å². The number of benzene rings is 1. The monoisotopic (exact) mass is 237 g/mol. The second-order valence-corrected chi connectivity index (χ2v) is 3.87. The number of para-hydroxylation sites is 1. The van der Waals surface area contributed by atoms with Crippen LogP contribution in [0.15, 0.2) is 60.9 Å². The average Bonchev–Trinajstić information content (AvgIpc) is 2.90. The third kappa shape index (κ3) is 1.84. The van der Waals surface area contributed by atoms with Crippen molar-refractivity contribution in [3.8, 4) is 22.8 Å². The summed E-state index contributed by atoms with van der Waals surface area (Å²) in [4.78, 5) is 4.20. The average molecular weight is 237 g/mol. The van der Waals surface area contributed by atoms with E-state index in [0.29, 0.717) is 0 Å². The third-order valence-corrected chi connectivity index (χ3v) is 2.65.